The van der Waals surface area contributed by atoms with Crippen LogP contribution in [0.4, 0.5) is 0 Å². The summed E-state index contributed by atoms with van der Waals surface area (Å²) in [4.78, 5) is 14.6. The largest absolute Gasteiger partial charge is 0.494 e. The Morgan fingerprint density at radius 1 is 1.20 bits per heavy atom. The Bertz CT molecular complexity index is 672. The Hall–Kier alpha value is -2.08. The molecule has 0 unspecified atom stereocenters. The minimum atomic E-state index is -3.64. The molecule has 0 bridgehead atoms. The quantitative estimate of drug-likeness (QED) is 0.827. The Labute approximate surface area is 117 Å². The van der Waals surface area contributed by atoms with Crippen LogP contribution in [-0.2, 0) is 9.84 Å². The first-order valence-electron chi connectivity index (χ1n) is 6.15. The van der Waals surface area contributed by atoms with Gasteiger partial charge in [-0.3, -0.25) is 4.79 Å². The van der Waals surface area contributed by atoms with Gasteiger partial charge in [-0.25, -0.2) is 8.42 Å². The average molecular weight is 293 g/mol. The SMILES string of the molecule is CCOc1ccc(S(=O)(=O)CC(=O)c2ccc[nH]2)cc1. The number of carbonyl (C=O) groups excluding carboxylic acids is 1. The molecule has 6 heteroatoms. The van der Waals surface area contributed by atoms with Gasteiger partial charge < -0.3 is 9.72 Å². The molecule has 106 valence electrons. The number of H-pyrrole nitrogens is 1. The maximum atomic E-state index is 12.1. The van der Waals surface area contributed by atoms with Gasteiger partial charge in [-0.2, -0.15) is 0 Å². The van der Waals surface area contributed by atoms with E-state index in [0.717, 1.165) is 0 Å². The van der Waals surface area contributed by atoms with Gasteiger partial charge in [-0.1, -0.05) is 0 Å². The van der Waals surface area contributed by atoms with Crippen LogP contribution >= 0.6 is 0 Å². The number of aromatic amines is 1. The molecule has 2 aromatic rings. The van der Waals surface area contributed by atoms with Crippen molar-refractivity contribution in [1.82, 2.24) is 4.98 Å². The van der Waals surface area contributed by atoms with Crippen LogP contribution in [0.15, 0.2) is 47.5 Å². The average Bonchev–Trinajstić information content (AvgIpc) is 2.93. The third-order valence-corrected chi connectivity index (χ3v) is 4.35. The Balaban J connectivity index is 2.16. The molecular weight excluding hydrogens is 278 g/mol. The highest BCUT2D eigenvalue weighted by Crippen LogP contribution is 2.17. The Morgan fingerprint density at radius 3 is 2.45 bits per heavy atom. The molecule has 0 saturated carbocycles. The van der Waals surface area contributed by atoms with Crippen molar-refractivity contribution in [1.29, 1.82) is 0 Å². The van der Waals surface area contributed by atoms with Gasteiger partial charge in [0.15, 0.2) is 15.6 Å². The molecule has 1 aromatic carbocycles. The lowest BCUT2D eigenvalue weighted by molar-refractivity contribution is 0.101. The van der Waals surface area contributed by atoms with E-state index in [2.05, 4.69) is 4.98 Å². The highest BCUT2D eigenvalue weighted by molar-refractivity contribution is 7.92. The van der Waals surface area contributed by atoms with Crippen LogP contribution in [0.1, 0.15) is 17.4 Å². The number of ether oxygens (including phenoxy) is 1. The van der Waals surface area contributed by atoms with Crippen LogP contribution in [0.3, 0.4) is 0 Å². The number of Topliss-reactive ketones (excluding diaryl/α,β-unsaturated/α-hetero) is 1. The topological polar surface area (TPSA) is 76.2 Å². The number of benzene rings is 1. The fourth-order valence-corrected chi connectivity index (χ4v) is 2.97. The van der Waals surface area contributed by atoms with Gasteiger partial charge in [0.2, 0.25) is 0 Å². The van der Waals surface area contributed by atoms with E-state index in [4.69, 9.17) is 4.74 Å². The Kier molecular flexibility index (Phi) is 4.24. The van der Waals surface area contributed by atoms with Crippen molar-refractivity contribution in [2.45, 2.75) is 11.8 Å². The fraction of sp³-hybridized carbons (Fsp3) is 0.214. The first-order chi connectivity index (χ1) is 9.53. The van der Waals surface area contributed by atoms with Crippen molar-refractivity contribution in [3.05, 3.63) is 48.3 Å². The summed E-state index contributed by atoms with van der Waals surface area (Å²) in [5, 5.41) is 0. The minimum absolute atomic E-state index is 0.112. The highest BCUT2D eigenvalue weighted by atomic mass is 32.2. The predicted octanol–water partition coefficient (Wildman–Crippen LogP) is 2.07. The number of sulfone groups is 1. The summed E-state index contributed by atoms with van der Waals surface area (Å²) < 4.78 is 29.5. The van der Waals surface area contributed by atoms with E-state index in [-0.39, 0.29) is 4.90 Å². The molecule has 0 aliphatic heterocycles. The lowest BCUT2D eigenvalue weighted by Gasteiger charge is -2.06. The maximum Gasteiger partial charge on any atom is 0.194 e. The molecule has 0 atom stereocenters. The Morgan fingerprint density at radius 2 is 1.90 bits per heavy atom. The first kappa shape index (κ1) is 14.3. The number of nitrogens with one attached hydrogen (secondary N) is 1. The standard InChI is InChI=1S/C14H15NO4S/c1-2-19-11-5-7-12(8-6-11)20(17,18)10-14(16)13-4-3-9-15-13/h3-9,15H,2,10H2,1H3. The number of hydrogen-bond acceptors (Lipinski definition) is 4. The van der Waals surface area contributed by atoms with Gasteiger partial charge in [-0.15, -0.1) is 0 Å². The molecule has 2 rings (SSSR count). The summed E-state index contributed by atoms with van der Waals surface area (Å²) in [6.07, 6.45) is 1.58. The number of carbonyl (C=O) groups is 1. The molecule has 1 N–H and O–H groups in total. The van der Waals surface area contributed by atoms with Gasteiger partial charge in [0.25, 0.3) is 0 Å². The zero-order chi connectivity index (χ0) is 14.6. The molecule has 1 aromatic heterocycles. The van der Waals surface area contributed by atoms with E-state index < -0.39 is 21.4 Å². The monoisotopic (exact) mass is 293 g/mol. The lowest BCUT2D eigenvalue weighted by Crippen LogP contribution is -2.16. The van der Waals surface area contributed by atoms with E-state index >= 15 is 0 Å². The van der Waals surface area contributed by atoms with Gasteiger partial charge in [0, 0.05) is 6.20 Å². The first-order valence-corrected chi connectivity index (χ1v) is 7.80. The second-order valence-electron chi connectivity index (χ2n) is 4.17. The minimum Gasteiger partial charge on any atom is -0.494 e. The lowest BCUT2D eigenvalue weighted by atomic mass is 10.3. The van der Waals surface area contributed by atoms with Crippen molar-refractivity contribution in [3.8, 4) is 5.75 Å². The molecule has 0 saturated heterocycles. The van der Waals surface area contributed by atoms with Gasteiger partial charge in [0.05, 0.1) is 17.2 Å². The third-order valence-electron chi connectivity index (χ3n) is 2.71. The molecule has 0 aliphatic carbocycles. The summed E-state index contributed by atoms with van der Waals surface area (Å²) >= 11 is 0. The van der Waals surface area contributed by atoms with Crippen molar-refractivity contribution >= 4 is 15.6 Å². The highest BCUT2D eigenvalue weighted by Gasteiger charge is 2.20. The van der Waals surface area contributed by atoms with Crippen molar-refractivity contribution < 1.29 is 17.9 Å². The van der Waals surface area contributed by atoms with Crippen molar-refractivity contribution in [3.63, 3.8) is 0 Å². The fourth-order valence-electron chi connectivity index (χ4n) is 1.75. The van der Waals surface area contributed by atoms with Crippen LogP contribution in [0.5, 0.6) is 5.75 Å². The van der Waals surface area contributed by atoms with Crippen LogP contribution in [0.25, 0.3) is 0 Å². The second-order valence-corrected chi connectivity index (χ2v) is 6.16. The smallest absolute Gasteiger partial charge is 0.194 e. The van der Waals surface area contributed by atoms with Crippen LogP contribution < -0.4 is 4.74 Å². The number of hydrogen-bond donors (Lipinski definition) is 1. The van der Waals surface area contributed by atoms with E-state index in [0.29, 0.717) is 18.1 Å². The summed E-state index contributed by atoms with van der Waals surface area (Å²) in [6.45, 7) is 2.36. The molecule has 0 aliphatic rings. The third kappa shape index (κ3) is 3.27. The van der Waals surface area contributed by atoms with Crippen molar-refractivity contribution in [2.24, 2.45) is 0 Å². The zero-order valence-corrected chi connectivity index (χ0v) is 11.8. The van der Waals surface area contributed by atoms with E-state index in [9.17, 15) is 13.2 Å². The summed E-state index contributed by atoms with van der Waals surface area (Å²) in [5.74, 6) is -0.410. The van der Waals surface area contributed by atoms with Crippen molar-refractivity contribution in [2.75, 3.05) is 12.4 Å². The van der Waals surface area contributed by atoms with Crippen LogP contribution in [0, 0.1) is 0 Å². The normalized spacial score (nSPS) is 11.2. The summed E-state index contributed by atoms with van der Waals surface area (Å²) in [5.41, 5.74) is 0.291. The second kappa shape index (κ2) is 5.92. The maximum absolute atomic E-state index is 12.1. The molecular formula is C14H15NO4S. The predicted molar refractivity (Wildman–Crippen MR) is 74.8 cm³/mol. The van der Waals surface area contributed by atoms with Gasteiger partial charge >= 0.3 is 0 Å². The molecule has 0 spiro atoms. The van der Waals surface area contributed by atoms with Crippen LogP contribution in [0.2, 0.25) is 0 Å². The molecule has 0 radical (unpaired) electrons. The number of rotatable bonds is 6. The van der Waals surface area contributed by atoms with Gasteiger partial charge in [-0.05, 0) is 43.3 Å². The molecule has 20 heavy (non-hydrogen) atoms. The molecule has 1 heterocycles. The molecule has 0 fully saturated rings. The molecule has 0 amide bonds. The van der Waals surface area contributed by atoms with Crippen LogP contribution in [-0.4, -0.2) is 31.5 Å². The van der Waals surface area contributed by atoms with Gasteiger partial charge in [0.1, 0.15) is 11.5 Å². The van der Waals surface area contributed by atoms with E-state index in [1.54, 1.807) is 30.5 Å². The zero-order valence-electron chi connectivity index (χ0n) is 11.0. The number of ketones is 1. The summed E-state index contributed by atoms with van der Waals surface area (Å²) in [7, 11) is -3.64. The summed E-state index contributed by atoms with van der Waals surface area (Å²) in [6, 6.07) is 9.25. The number of aromatic nitrogens is 1. The van der Waals surface area contributed by atoms with E-state index in [1.165, 1.54) is 12.1 Å². The molecule has 5 nitrogen and oxygen atoms in total. The van der Waals surface area contributed by atoms with E-state index in [1.807, 2.05) is 6.92 Å².